The highest BCUT2D eigenvalue weighted by Crippen LogP contribution is 2.21. The first-order chi connectivity index (χ1) is 11.6. The Kier molecular flexibility index (Phi) is 7.25. The molecule has 5 heteroatoms. The van der Waals surface area contributed by atoms with Crippen LogP contribution in [0.15, 0.2) is 29.6 Å². The van der Waals surface area contributed by atoms with Gasteiger partial charge in [-0.05, 0) is 31.4 Å². The van der Waals surface area contributed by atoms with Gasteiger partial charge in [-0.25, -0.2) is 4.98 Å². The fourth-order valence-corrected chi connectivity index (χ4v) is 3.18. The van der Waals surface area contributed by atoms with E-state index < -0.39 is 0 Å². The van der Waals surface area contributed by atoms with E-state index in [9.17, 15) is 4.79 Å². The molecule has 1 aromatic heterocycles. The predicted molar refractivity (Wildman–Crippen MR) is 102 cm³/mol. The van der Waals surface area contributed by atoms with E-state index >= 15 is 0 Å². The number of anilines is 2. The van der Waals surface area contributed by atoms with Crippen LogP contribution in [0.5, 0.6) is 0 Å². The summed E-state index contributed by atoms with van der Waals surface area (Å²) in [6.45, 7) is 7.16. The molecule has 0 radical (unpaired) electrons. The molecule has 24 heavy (non-hydrogen) atoms. The quantitative estimate of drug-likeness (QED) is 0.661. The van der Waals surface area contributed by atoms with Crippen LogP contribution in [0.1, 0.15) is 55.6 Å². The number of nitrogens with one attached hydrogen (secondary N) is 2. The summed E-state index contributed by atoms with van der Waals surface area (Å²) in [7, 11) is 0. The minimum atomic E-state index is -0.0850. The van der Waals surface area contributed by atoms with Crippen LogP contribution in [0.25, 0.3) is 0 Å². The lowest BCUT2D eigenvalue weighted by Gasteiger charge is -2.14. The number of hydrogen-bond acceptors (Lipinski definition) is 4. The van der Waals surface area contributed by atoms with E-state index in [1.54, 1.807) is 5.38 Å². The molecule has 0 saturated carbocycles. The number of carbonyl (C=O) groups is 1. The Balaban J connectivity index is 1.87. The van der Waals surface area contributed by atoms with Gasteiger partial charge in [-0.2, -0.15) is 0 Å². The molecular formula is C19H27N3OS. The standard InChI is InChI=1S/C19H27N3OS/c1-4-6-7-15(5-2)12-20-18(23)17-13-24-19(22-17)21-16-10-8-14(3)9-11-16/h8-11,13,15H,4-7,12H2,1-3H3,(H,20,23)(H,21,22)/t15-/m1/s1. The largest absolute Gasteiger partial charge is 0.350 e. The zero-order valence-corrected chi connectivity index (χ0v) is 15.6. The normalized spacial score (nSPS) is 12.0. The van der Waals surface area contributed by atoms with Gasteiger partial charge in [0.15, 0.2) is 5.13 Å². The van der Waals surface area contributed by atoms with Crippen molar-refractivity contribution >= 4 is 28.1 Å². The van der Waals surface area contributed by atoms with Crippen molar-refractivity contribution < 1.29 is 4.79 Å². The summed E-state index contributed by atoms with van der Waals surface area (Å²) < 4.78 is 0. The second-order valence-electron chi connectivity index (χ2n) is 6.16. The van der Waals surface area contributed by atoms with Crippen LogP contribution in [0.2, 0.25) is 0 Å². The number of aromatic nitrogens is 1. The molecule has 1 heterocycles. The molecule has 0 aliphatic heterocycles. The number of nitrogens with zero attached hydrogens (tertiary/aromatic N) is 1. The summed E-state index contributed by atoms with van der Waals surface area (Å²) in [6, 6.07) is 8.11. The van der Waals surface area contributed by atoms with Gasteiger partial charge < -0.3 is 10.6 Å². The van der Waals surface area contributed by atoms with E-state index in [1.165, 1.54) is 36.2 Å². The molecule has 2 aromatic rings. The van der Waals surface area contributed by atoms with Crippen LogP contribution >= 0.6 is 11.3 Å². The Labute approximate surface area is 148 Å². The third-order valence-electron chi connectivity index (χ3n) is 4.13. The number of unbranched alkanes of at least 4 members (excludes halogenated alkanes) is 1. The molecule has 0 saturated heterocycles. The SMILES string of the molecule is CCCC[C@@H](CC)CNC(=O)c1csc(Nc2ccc(C)cc2)n1. The van der Waals surface area contributed by atoms with Gasteiger partial charge in [0.2, 0.25) is 0 Å². The van der Waals surface area contributed by atoms with Crippen LogP contribution in [-0.4, -0.2) is 17.4 Å². The fraction of sp³-hybridized carbons (Fsp3) is 0.474. The Hall–Kier alpha value is -1.88. The van der Waals surface area contributed by atoms with Crippen LogP contribution in [0, 0.1) is 12.8 Å². The summed E-state index contributed by atoms with van der Waals surface area (Å²) in [5.41, 5.74) is 2.68. The molecule has 2 N–H and O–H groups in total. The van der Waals surface area contributed by atoms with Gasteiger partial charge in [0.25, 0.3) is 5.91 Å². The average molecular weight is 346 g/mol. The summed E-state index contributed by atoms with van der Waals surface area (Å²) in [4.78, 5) is 16.6. The Morgan fingerprint density at radius 1 is 1.25 bits per heavy atom. The fourth-order valence-electron chi connectivity index (χ4n) is 2.47. The summed E-state index contributed by atoms with van der Waals surface area (Å²) in [6.07, 6.45) is 4.68. The number of aryl methyl sites for hydroxylation is 1. The molecule has 130 valence electrons. The van der Waals surface area contributed by atoms with E-state index in [0.29, 0.717) is 11.6 Å². The van der Waals surface area contributed by atoms with Gasteiger partial charge in [-0.1, -0.05) is 50.8 Å². The maximum absolute atomic E-state index is 12.3. The predicted octanol–water partition coefficient (Wildman–Crippen LogP) is 5.14. The molecule has 0 spiro atoms. The maximum atomic E-state index is 12.3. The lowest BCUT2D eigenvalue weighted by atomic mass is 9.99. The first-order valence-corrected chi connectivity index (χ1v) is 9.57. The van der Waals surface area contributed by atoms with Crippen LogP contribution in [0.3, 0.4) is 0 Å². The third-order valence-corrected chi connectivity index (χ3v) is 4.89. The summed E-state index contributed by atoms with van der Waals surface area (Å²) in [5.74, 6) is 0.468. The molecule has 4 nitrogen and oxygen atoms in total. The van der Waals surface area contributed by atoms with E-state index in [4.69, 9.17) is 0 Å². The lowest BCUT2D eigenvalue weighted by molar-refractivity contribution is 0.0941. The van der Waals surface area contributed by atoms with Gasteiger partial charge in [0.1, 0.15) is 5.69 Å². The topological polar surface area (TPSA) is 54.0 Å². The molecule has 0 fully saturated rings. The number of hydrogen-bond donors (Lipinski definition) is 2. The van der Waals surface area contributed by atoms with Gasteiger partial charge in [-0.3, -0.25) is 4.79 Å². The maximum Gasteiger partial charge on any atom is 0.270 e. The van der Waals surface area contributed by atoms with Gasteiger partial charge in [0.05, 0.1) is 0 Å². The van der Waals surface area contributed by atoms with E-state index in [1.807, 2.05) is 24.3 Å². The minimum Gasteiger partial charge on any atom is -0.350 e. The van der Waals surface area contributed by atoms with Crippen molar-refractivity contribution in [2.75, 3.05) is 11.9 Å². The van der Waals surface area contributed by atoms with E-state index in [0.717, 1.165) is 23.8 Å². The molecular weight excluding hydrogens is 318 g/mol. The molecule has 1 amide bonds. The number of carbonyl (C=O) groups excluding carboxylic acids is 1. The zero-order valence-electron chi connectivity index (χ0n) is 14.8. The van der Waals surface area contributed by atoms with Crippen molar-refractivity contribution in [3.63, 3.8) is 0 Å². The number of rotatable bonds is 9. The van der Waals surface area contributed by atoms with E-state index in [2.05, 4.69) is 36.4 Å². The molecule has 2 rings (SSSR count). The minimum absolute atomic E-state index is 0.0850. The second-order valence-corrected chi connectivity index (χ2v) is 7.01. The highest BCUT2D eigenvalue weighted by atomic mass is 32.1. The van der Waals surface area contributed by atoms with Gasteiger partial charge >= 0.3 is 0 Å². The number of amides is 1. The van der Waals surface area contributed by atoms with E-state index in [-0.39, 0.29) is 5.91 Å². The Bertz CT molecular complexity index is 636. The van der Waals surface area contributed by atoms with Crippen molar-refractivity contribution in [2.24, 2.45) is 5.92 Å². The first kappa shape index (κ1) is 18.5. The zero-order chi connectivity index (χ0) is 17.4. The smallest absolute Gasteiger partial charge is 0.270 e. The monoisotopic (exact) mass is 345 g/mol. The van der Waals surface area contributed by atoms with Gasteiger partial charge in [-0.15, -0.1) is 11.3 Å². The second kappa shape index (κ2) is 9.42. The summed E-state index contributed by atoms with van der Waals surface area (Å²) >= 11 is 1.45. The molecule has 0 aliphatic carbocycles. The van der Waals surface area contributed by atoms with Crippen molar-refractivity contribution in [3.8, 4) is 0 Å². The first-order valence-electron chi connectivity index (χ1n) is 8.69. The van der Waals surface area contributed by atoms with Crippen molar-refractivity contribution in [1.82, 2.24) is 10.3 Å². The molecule has 1 aromatic carbocycles. The highest BCUT2D eigenvalue weighted by molar-refractivity contribution is 7.14. The number of thiazole rings is 1. The Morgan fingerprint density at radius 2 is 2.00 bits per heavy atom. The van der Waals surface area contributed by atoms with Gasteiger partial charge in [0, 0.05) is 17.6 Å². The van der Waals surface area contributed by atoms with Crippen molar-refractivity contribution in [2.45, 2.75) is 46.5 Å². The highest BCUT2D eigenvalue weighted by Gasteiger charge is 2.13. The van der Waals surface area contributed by atoms with Crippen molar-refractivity contribution in [1.29, 1.82) is 0 Å². The molecule has 1 atom stereocenters. The number of benzene rings is 1. The molecule has 0 bridgehead atoms. The third kappa shape index (κ3) is 5.64. The molecule has 0 unspecified atom stereocenters. The Morgan fingerprint density at radius 3 is 2.67 bits per heavy atom. The van der Waals surface area contributed by atoms with Crippen LogP contribution < -0.4 is 10.6 Å². The summed E-state index contributed by atoms with van der Waals surface area (Å²) in [5, 5.41) is 8.80. The van der Waals surface area contributed by atoms with Crippen LogP contribution in [-0.2, 0) is 0 Å². The molecule has 0 aliphatic rings. The van der Waals surface area contributed by atoms with Crippen LogP contribution in [0.4, 0.5) is 10.8 Å². The van der Waals surface area contributed by atoms with Crippen molar-refractivity contribution in [3.05, 3.63) is 40.9 Å². The lowest BCUT2D eigenvalue weighted by Crippen LogP contribution is -2.29. The average Bonchev–Trinajstić information content (AvgIpc) is 3.05.